The van der Waals surface area contributed by atoms with Gasteiger partial charge in [0.1, 0.15) is 5.82 Å². The van der Waals surface area contributed by atoms with Crippen LogP contribution in [0.5, 0.6) is 0 Å². The highest BCUT2D eigenvalue weighted by Crippen LogP contribution is 2.35. The van der Waals surface area contributed by atoms with Gasteiger partial charge in [0, 0.05) is 43.2 Å². The van der Waals surface area contributed by atoms with Crippen LogP contribution >= 0.6 is 0 Å². The molecule has 0 aliphatic carbocycles. The summed E-state index contributed by atoms with van der Waals surface area (Å²) in [6, 6.07) is 18.9. The van der Waals surface area contributed by atoms with E-state index in [9.17, 15) is 4.79 Å². The number of benzene rings is 2. The van der Waals surface area contributed by atoms with Gasteiger partial charge in [-0.2, -0.15) is 0 Å². The topological polar surface area (TPSA) is 46.9 Å². The van der Waals surface area contributed by atoms with Crippen molar-refractivity contribution in [1.29, 1.82) is 0 Å². The lowest BCUT2D eigenvalue weighted by atomic mass is 9.88. The van der Waals surface area contributed by atoms with E-state index in [0.717, 1.165) is 29.9 Å². The summed E-state index contributed by atoms with van der Waals surface area (Å²) >= 11 is 0. The fourth-order valence-electron chi connectivity index (χ4n) is 4.46. The lowest BCUT2D eigenvalue weighted by Crippen LogP contribution is -2.27. The van der Waals surface area contributed by atoms with Crippen LogP contribution in [0.25, 0.3) is 0 Å². The van der Waals surface area contributed by atoms with Gasteiger partial charge in [-0.25, -0.2) is 4.98 Å². The largest absolute Gasteiger partial charge is 0.352 e. The van der Waals surface area contributed by atoms with Crippen molar-refractivity contribution in [3.05, 3.63) is 89.0 Å². The van der Waals surface area contributed by atoms with Gasteiger partial charge in [0.15, 0.2) is 0 Å². The summed E-state index contributed by atoms with van der Waals surface area (Å²) in [5.74, 6) is 1.23. The Morgan fingerprint density at radius 1 is 1.17 bits per heavy atom. The zero-order chi connectivity index (χ0) is 20.2. The first-order valence-corrected chi connectivity index (χ1v) is 10.6. The molecule has 0 unspecified atom stereocenters. The molecule has 0 bridgehead atoms. The molecule has 1 aliphatic rings. The molecule has 3 aromatic rings. The molecule has 1 aliphatic heterocycles. The Morgan fingerprint density at radius 2 is 1.93 bits per heavy atom. The second kappa shape index (κ2) is 8.64. The monoisotopic (exact) mass is 387 g/mol. The summed E-state index contributed by atoms with van der Waals surface area (Å²) in [5.41, 5.74) is 4.70. The number of aryl methyl sites for hydroxylation is 2. The molecule has 0 spiro atoms. The van der Waals surface area contributed by atoms with Gasteiger partial charge in [-0.05, 0) is 43.4 Å². The lowest BCUT2D eigenvalue weighted by molar-refractivity contribution is -0.121. The molecule has 0 saturated carbocycles. The fraction of sp³-hybridized carbons (Fsp3) is 0.360. The number of nitrogens with zero attached hydrogens (tertiary/aromatic N) is 2. The average molecular weight is 388 g/mol. The van der Waals surface area contributed by atoms with E-state index in [-0.39, 0.29) is 11.8 Å². The van der Waals surface area contributed by atoms with Gasteiger partial charge >= 0.3 is 0 Å². The van der Waals surface area contributed by atoms with E-state index in [1.165, 1.54) is 17.5 Å². The third kappa shape index (κ3) is 4.26. The maximum atomic E-state index is 12.9. The molecule has 4 rings (SSSR count). The quantitative estimate of drug-likeness (QED) is 0.652. The van der Waals surface area contributed by atoms with Crippen LogP contribution in [0.3, 0.4) is 0 Å². The molecule has 0 radical (unpaired) electrons. The molecule has 1 amide bonds. The second-order valence-electron chi connectivity index (χ2n) is 8.09. The highest BCUT2D eigenvalue weighted by Gasteiger charge is 2.28. The van der Waals surface area contributed by atoms with Crippen LogP contribution in [-0.4, -0.2) is 15.5 Å². The summed E-state index contributed by atoms with van der Waals surface area (Å²) in [7, 11) is 0. The van der Waals surface area contributed by atoms with Crippen LogP contribution in [0.1, 0.15) is 66.4 Å². The van der Waals surface area contributed by atoms with E-state index in [1.807, 2.05) is 36.5 Å². The number of rotatable bonds is 6. The van der Waals surface area contributed by atoms with Gasteiger partial charge in [0.25, 0.3) is 0 Å². The highest BCUT2D eigenvalue weighted by molar-refractivity contribution is 5.77. The van der Waals surface area contributed by atoms with Gasteiger partial charge in [-0.3, -0.25) is 4.79 Å². The minimum absolute atomic E-state index is 0.00812. The zero-order valence-corrected chi connectivity index (χ0v) is 17.3. The molecule has 0 fully saturated rings. The molecule has 2 aromatic carbocycles. The number of aromatic nitrogens is 2. The number of carbonyl (C=O) groups excluding carboxylic acids is 1. The van der Waals surface area contributed by atoms with Gasteiger partial charge < -0.3 is 9.88 Å². The Morgan fingerprint density at radius 3 is 2.72 bits per heavy atom. The lowest BCUT2D eigenvalue weighted by Gasteiger charge is -2.28. The molecule has 1 N–H and O–H groups in total. The average Bonchev–Trinajstić information content (AvgIpc) is 3.17. The number of imidazole rings is 1. The maximum Gasteiger partial charge on any atom is 0.221 e. The first kappa shape index (κ1) is 19.4. The van der Waals surface area contributed by atoms with Crippen molar-refractivity contribution in [3.63, 3.8) is 0 Å². The van der Waals surface area contributed by atoms with Crippen LogP contribution in [0.4, 0.5) is 0 Å². The van der Waals surface area contributed by atoms with Crippen LogP contribution in [0.2, 0.25) is 0 Å². The van der Waals surface area contributed by atoms with E-state index in [4.69, 9.17) is 4.98 Å². The Labute approximate surface area is 173 Å². The second-order valence-corrected chi connectivity index (χ2v) is 8.09. The van der Waals surface area contributed by atoms with Crippen molar-refractivity contribution >= 4 is 5.91 Å². The van der Waals surface area contributed by atoms with E-state index in [1.54, 1.807) is 0 Å². The molecule has 4 heteroatoms. The van der Waals surface area contributed by atoms with E-state index in [0.29, 0.717) is 19.0 Å². The van der Waals surface area contributed by atoms with Crippen LogP contribution < -0.4 is 5.32 Å². The minimum atomic E-state index is 0.00812. The molecule has 150 valence electrons. The molecule has 2 atom stereocenters. The van der Waals surface area contributed by atoms with Gasteiger partial charge in [-0.15, -0.1) is 0 Å². The maximum absolute atomic E-state index is 12.9. The van der Waals surface area contributed by atoms with Crippen LogP contribution in [-0.2, 0) is 17.8 Å². The predicted octanol–water partition coefficient (Wildman–Crippen LogP) is 4.93. The summed E-state index contributed by atoms with van der Waals surface area (Å²) in [4.78, 5) is 17.6. The van der Waals surface area contributed by atoms with Crippen molar-refractivity contribution in [2.24, 2.45) is 0 Å². The number of hydrogen-bond donors (Lipinski definition) is 1. The molecule has 0 saturated heterocycles. The smallest absolute Gasteiger partial charge is 0.221 e. The van der Waals surface area contributed by atoms with Gasteiger partial charge in [0.05, 0.1) is 0 Å². The Bertz CT molecular complexity index is 977. The molecule has 29 heavy (non-hydrogen) atoms. The molecule has 1 aromatic heterocycles. The number of hydrogen-bond acceptors (Lipinski definition) is 2. The Balaban J connectivity index is 1.61. The zero-order valence-electron chi connectivity index (χ0n) is 17.3. The number of amides is 1. The summed E-state index contributed by atoms with van der Waals surface area (Å²) in [5, 5.41) is 3.10. The number of nitrogens with one attached hydrogen (secondary N) is 1. The van der Waals surface area contributed by atoms with Gasteiger partial charge in [0.2, 0.25) is 5.91 Å². The summed E-state index contributed by atoms with van der Waals surface area (Å²) in [6.45, 7) is 4.94. The normalized spacial score (nSPS) is 16.8. The Hall–Kier alpha value is -2.88. The predicted molar refractivity (Wildman–Crippen MR) is 116 cm³/mol. The van der Waals surface area contributed by atoms with Crippen molar-refractivity contribution < 1.29 is 4.79 Å². The van der Waals surface area contributed by atoms with E-state index >= 15 is 0 Å². The van der Waals surface area contributed by atoms with Crippen molar-refractivity contribution in [1.82, 2.24) is 14.9 Å². The van der Waals surface area contributed by atoms with Crippen molar-refractivity contribution in [2.45, 2.75) is 58.0 Å². The number of fused-ring (bicyclic) bond motifs is 1. The third-order valence-corrected chi connectivity index (χ3v) is 6.01. The minimum Gasteiger partial charge on any atom is -0.352 e. The van der Waals surface area contributed by atoms with Crippen LogP contribution in [0, 0.1) is 6.92 Å². The molecule has 2 heterocycles. The first-order valence-electron chi connectivity index (χ1n) is 10.6. The fourth-order valence-corrected chi connectivity index (χ4v) is 4.46. The van der Waals surface area contributed by atoms with Crippen LogP contribution in [0.15, 0.2) is 60.8 Å². The summed E-state index contributed by atoms with van der Waals surface area (Å²) in [6.07, 6.45) is 5.79. The van der Waals surface area contributed by atoms with Crippen molar-refractivity contribution in [3.8, 4) is 0 Å². The van der Waals surface area contributed by atoms with E-state index in [2.05, 4.69) is 48.0 Å². The molecular weight excluding hydrogens is 358 g/mol. The standard InChI is InChI=1S/C25H29N3O/c1-18-9-6-7-13-21(18)22(15-25(29)27-16-20-11-4-3-5-12-20)23-17-26-24-14-8-10-19(2)28(23)24/h3-7,9,11-13,17,19,22H,8,10,14-16H2,1-2H3,(H,27,29)/t19-,22-/m1/s1. The van der Waals surface area contributed by atoms with Gasteiger partial charge in [-0.1, -0.05) is 54.6 Å². The highest BCUT2D eigenvalue weighted by atomic mass is 16.1. The number of carbonyl (C=O) groups is 1. The first-order chi connectivity index (χ1) is 14.1. The van der Waals surface area contributed by atoms with E-state index < -0.39 is 0 Å². The molecular formula is C25H29N3O. The SMILES string of the molecule is Cc1ccccc1[C@@H](CC(=O)NCc1ccccc1)c1cnc2n1[C@H](C)CCC2. The molecule has 4 nitrogen and oxygen atoms in total. The Kier molecular flexibility index (Phi) is 5.79. The summed E-state index contributed by atoms with van der Waals surface area (Å²) < 4.78 is 2.38. The third-order valence-electron chi connectivity index (χ3n) is 6.01. The van der Waals surface area contributed by atoms with Crippen molar-refractivity contribution in [2.75, 3.05) is 0 Å².